The molecule has 0 saturated heterocycles. The number of hydrogen-bond acceptors (Lipinski definition) is 2. The van der Waals surface area contributed by atoms with Crippen LogP contribution in [0.2, 0.25) is 0 Å². The van der Waals surface area contributed by atoms with E-state index in [1.54, 1.807) is 0 Å². The summed E-state index contributed by atoms with van der Waals surface area (Å²) < 4.78 is 0. The Morgan fingerprint density at radius 1 is 1.00 bits per heavy atom. The summed E-state index contributed by atoms with van der Waals surface area (Å²) in [4.78, 5) is 0. The van der Waals surface area contributed by atoms with Gasteiger partial charge in [-0.15, -0.1) is 0 Å². The molecule has 0 aliphatic heterocycles. The van der Waals surface area contributed by atoms with Crippen molar-refractivity contribution in [3.63, 3.8) is 0 Å². The third kappa shape index (κ3) is 3.96. The van der Waals surface area contributed by atoms with Gasteiger partial charge in [0.05, 0.1) is 6.07 Å². The molecule has 108 valence electrons. The number of nitrogens with zero attached hydrogens (tertiary/aromatic N) is 1. The molecule has 0 amide bonds. The van der Waals surface area contributed by atoms with Crippen LogP contribution in [-0.4, -0.2) is 11.6 Å². The van der Waals surface area contributed by atoms with Gasteiger partial charge >= 0.3 is 0 Å². The van der Waals surface area contributed by atoms with Crippen molar-refractivity contribution in [3.05, 3.63) is 0 Å². The summed E-state index contributed by atoms with van der Waals surface area (Å²) in [5, 5.41) is 13.4. The summed E-state index contributed by atoms with van der Waals surface area (Å²) in [6, 6.07) is 3.23. The molecule has 0 radical (unpaired) electrons. The van der Waals surface area contributed by atoms with E-state index in [0.717, 1.165) is 24.7 Å². The molecule has 0 aromatic carbocycles. The topological polar surface area (TPSA) is 35.8 Å². The summed E-state index contributed by atoms with van der Waals surface area (Å²) in [6.07, 6.45) is 12.6. The molecular formula is C17H30N2. The van der Waals surface area contributed by atoms with Crippen LogP contribution < -0.4 is 5.32 Å². The highest BCUT2D eigenvalue weighted by Crippen LogP contribution is 2.36. The Morgan fingerprint density at radius 2 is 1.58 bits per heavy atom. The van der Waals surface area contributed by atoms with Crippen LogP contribution in [0.4, 0.5) is 0 Å². The minimum absolute atomic E-state index is 0.208. The number of rotatable bonds is 3. The maximum Gasteiger partial charge on any atom is 0.107 e. The van der Waals surface area contributed by atoms with Crippen LogP contribution in [0, 0.1) is 23.2 Å². The van der Waals surface area contributed by atoms with Crippen molar-refractivity contribution in [1.29, 1.82) is 5.26 Å². The molecule has 0 bridgehead atoms. The zero-order valence-corrected chi connectivity index (χ0v) is 12.8. The largest absolute Gasteiger partial charge is 0.297 e. The Labute approximate surface area is 119 Å². The van der Waals surface area contributed by atoms with E-state index in [4.69, 9.17) is 0 Å². The molecule has 2 aliphatic carbocycles. The van der Waals surface area contributed by atoms with Gasteiger partial charge in [0.15, 0.2) is 0 Å². The Bertz CT molecular complexity index is 300. The SMILES string of the molecule is CC(C)C1CCC(C#N)(NC2CCCCCC2)CC1. The van der Waals surface area contributed by atoms with Crippen molar-refractivity contribution in [2.75, 3.05) is 0 Å². The summed E-state index contributed by atoms with van der Waals surface area (Å²) in [5.74, 6) is 1.60. The van der Waals surface area contributed by atoms with Crippen LogP contribution in [0.1, 0.15) is 78.1 Å². The third-order valence-corrected chi connectivity index (χ3v) is 5.38. The van der Waals surface area contributed by atoms with Gasteiger partial charge in [0, 0.05) is 6.04 Å². The van der Waals surface area contributed by atoms with E-state index in [1.807, 2.05) is 0 Å². The fraction of sp³-hybridized carbons (Fsp3) is 0.941. The lowest BCUT2D eigenvalue weighted by atomic mass is 9.73. The van der Waals surface area contributed by atoms with Gasteiger partial charge in [-0.3, -0.25) is 5.32 Å². The van der Waals surface area contributed by atoms with E-state index in [9.17, 15) is 5.26 Å². The molecule has 0 unspecified atom stereocenters. The number of hydrogen-bond donors (Lipinski definition) is 1. The minimum atomic E-state index is -0.208. The molecule has 2 heteroatoms. The average Bonchev–Trinajstić information content (AvgIpc) is 2.68. The lowest BCUT2D eigenvalue weighted by Crippen LogP contribution is -2.51. The van der Waals surface area contributed by atoms with Crippen LogP contribution in [0.3, 0.4) is 0 Å². The summed E-state index contributed by atoms with van der Waals surface area (Å²) in [6.45, 7) is 4.64. The first kappa shape index (κ1) is 14.9. The molecule has 1 N–H and O–H groups in total. The second-order valence-electron chi connectivity index (χ2n) is 7.11. The molecule has 2 saturated carbocycles. The Kier molecular flexibility index (Phi) is 5.28. The molecule has 0 atom stereocenters. The fourth-order valence-corrected chi connectivity index (χ4v) is 3.90. The third-order valence-electron chi connectivity index (χ3n) is 5.38. The van der Waals surface area contributed by atoms with Crippen LogP contribution in [0.15, 0.2) is 0 Å². The second kappa shape index (κ2) is 6.75. The van der Waals surface area contributed by atoms with Gasteiger partial charge in [0.1, 0.15) is 5.54 Å². The first-order valence-corrected chi connectivity index (χ1v) is 8.34. The van der Waals surface area contributed by atoms with Crippen LogP contribution in [0.25, 0.3) is 0 Å². The molecule has 2 aliphatic rings. The zero-order valence-electron chi connectivity index (χ0n) is 12.8. The standard InChI is InChI=1S/C17H30N2/c1-14(2)15-9-11-17(13-18,12-10-15)19-16-7-5-3-4-6-8-16/h14-16,19H,3-12H2,1-2H3. The number of nitrogens with one attached hydrogen (secondary N) is 1. The predicted molar refractivity (Wildman–Crippen MR) is 79.8 cm³/mol. The lowest BCUT2D eigenvalue weighted by molar-refractivity contribution is 0.183. The number of nitriles is 1. The molecule has 2 fully saturated rings. The molecule has 2 nitrogen and oxygen atoms in total. The Hall–Kier alpha value is -0.550. The molecular weight excluding hydrogens is 232 g/mol. The van der Waals surface area contributed by atoms with Gasteiger partial charge in [-0.25, -0.2) is 0 Å². The van der Waals surface area contributed by atoms with Crippen LogP contribution >= 0.6 is 0 Å². The van der Waals surface area contributed by atoms with E-state index in [1.165, 1.54) is 51.4 Å². The zero-order chi connectivity index (χ0) is 13.7. The summed E-state index contributed by atoms with van der Waals surface area (Å²) in [7, 11) is 0. The maximum atomic E-state index is 9.65. The second-order valence-corrected chi connectivity index (χ2v) is 7.11. The fourth-order valence-electron chi connectivity index (χ4n) is 3.90. The van der Waals surface area contributed by atoms with E-state index in [0.29, 0.717) is 6.04 Å². The molecule has 0 aromatic heterocycles. The van der Waals surface area contributed by atoms with E-state index in [-0.39, 0.29) is 5.54 Å². The summed E-state index contributed by atoms with van der Waals surface area (Å²) >= 11 is 0. The van der Waals surface area contributed by atoms with Gasteiger partial charge in [-0.05, 0) is 50.4 Å². The molecule has 0 spiro atoms. The van der Waals surface area contributed by atoms with Crippen molar-refractivity contribution in [2.24, 2.45) is 11.8 Å². The van der Waals surface area contributed by atoms with Gasteiger partial charge in [-0.2, -0.15) is 5.26 Å². The minimum Gasteiger partial charge on any atom is -0.297 e. The molecule has 0 aromatic rings. The van der Waals surface area contributed by atoms with Crippen molar-refractivity contribution in [1.82, 2.24) is 5.32 Å². The highest BCUT2D eigenvalue weighted by Gasteiger charge is 2.37. The van der Waals surface area contributed by atoms with Crippen LogP contribution in [-0.2, 0) is 0 Å². The van der Waals surface area contributed by atoms with Crippen LogP contribution in [0.5, 0.6) is 0 Å². The Balaban J connectivity index is 1.90. The smallest absolute Gasteiger partial charge is 0.107 e. The van der Waals surface area contributed by atoms with Gasteiger partial charge < -0.3 is 0 Å². The van der Waals surface area contributed by atoms with Gasteiger partial charge in [0.25, 0.3) is 0 Å². The van der Waals surface area contributed by atoms with Crippen molar-refractivity contribution in [2.45, 2.75) is 89.6 Å². The predicted octanol–water partition coefficient (Wildman–Crippen LogP) is 4.41. The molecule has 19 heavy (non-hydrogen) atoms. The highest BCUT2D eigenvalue weighted by molar-refractivity contribution is 5.10. The monoisotopic (exact) mass is 262 g/mol. The average molecular weight is 262 g/mol. The van der Waals surface area contributed by atoms with E-state index in [2.05, 4.69) is 25.2 Å². The molecule has 2 rings (SSSR count). The quantitative estimate of drug-likeness (QED) is 0.765. The molecule has 0 heterocycles. The highest BCUT2D eigenvalue weighted by atomic mass is 15.0. The van der Waals surface area contributed by atoms with Crippen molar-refractivity contribution < 1.29 is 0 Å². The van der Waals surface area contributed by atoms with Gasteiger partial charge in [0.2, 0.25) is 0 Å². The Morgan fingerprint density at radius 3 is 2.05 bits per heavy atom. The van der Waals surface area contributed by atoms with E-state index < -0.39 is 0 Å². The maximum absolute atomic E-state index is 9.65. The van der Waals surface area contributed by atoms with Gasteiger partial charge in [-0.1, -0.05) is 39.5 Å². The lowest BCUT2D eigenvalue weighted by Gasteiger charge is -2.39. The van der Waals surface area contributed by atoms with Crippen molar-refractivity contribution in [3.8, 4) is 6.07 Å². The first-order chi connectivity index (χ1) is 9.15. The van der Waals surface area contributed by atoms with Crippen molar-refractivity contribution >= 4 is 0 Å². The first-order valence-electron chi connectivity index (χ1n) is 8.34. The normalized spacial score (nSPS) is 33.9. The summed E-state index contributed by atoms with van der Waals surface area (Å²) in [5.41, 5.74) is -0.208. The van der Waals surface area contributed by atoms with E-state index >= 15 is 0 Å².